The molecule has 0 aliphatic heterocycles. The van der Waals surface area contributed by atoms with Gasteiger partial charge in [0.15, 0.2) is 0 Å². The summed E-state index contributed by atoms with van der Waals surface area (Å²) in [7, 11) is -3.08. The second-order valence-corrected chi connectivity index (χ2v) is 7.67. The first-order valence-corrected chi connectivity index (χ1v) is 8.71. The van der Waals surface area contributed by atoms with Crippen LogP contribution in [-0.4, -0.2) is 38.4 Å². The summed E-state index contributed by atoms with van der Waals surface area (Å²) in [6.07, 6.45) is 2.91. The van der Waals surface area contributed by atoms with Crippen molar-refractivity contribution in [3.8, 4) is 0 Å². The van der Waals surface area contributed by atoms with Crippen LogP contribution in [0.5, 0.6) is 0 Å². The molecule has 5 nitrogen and oxygen atoms in total. The molecule has 1 unspecified atom stereocenters. The lowest BCUT2D eigenvalue weighted by atomic mass is 10.1. The zero-order valence-electron chi connectivity index (χ0n) is 11.5. The number of hydrogen-bond donors (Lipinski definition) is 2. The number of fused-ring (bicyclic) bond motifs is 1. The van der Waals surface area contributed by atoms with Gasteiger partial charge in [0.1, 0.15) is 9.84 Å². The van der Waals surface area contributed by atoms with E-state index in [0.29, 0.717) is 0 Å². The molecule has 0 radical (unpaired) electrons. The van der Waals surface area contributed by atoms with Crippen LogP contribution in [0.2, 0.25) is 0 Å². The predicted molar refractivity (Wildman–Crippen MR) is 78.1 cm³/mol. The van der Waals surface area contributed by atoms with Gasteiger partial charge < -0.3 is 11.1 Å². The highest BCUT2D eigenvalue weighted by molar-refractivity contribution is 7.90. The third kappa shape index (κ3) is 4.05. The monoisotopic (exact) mass is 296 g/mol. The fourth-order valence-electron chi connectivity index (χ4n) is 2.44. The van der Waals surface area contributed by atoms with Gasteiger partial charge in [-0.2, -0.15) is 0 Å². The number of carbonyl (C=O) groups is 1. The number of amides is 1. The SMILES string of the molecule is CS(=O)(=O)CCC(N)C(=O)NC1Cc2ccccc2C1. The number of sulfone groups is 1. The van der Waals surface area contributed by atoms with E-state index in [1.54, 1.807) is 0 Å². The molecule has 20 heavy (non-hydrogen) atoms. The van der Waals surface area contributed by atoms with Crippen LogP contribution in [0.3, 0.4) is 0 Å². The van der Waals surface area contributed by atoms with E-state index in [1.807, 2.05) is 12.1 Å². The quantitative estimate of drug-likeness (QED) is 0.802. The molecule has 0 saturated carbocycles. The summed E-state index contributed by atoms with van der Waals surface area (Å²) < 4.78 is 22.1. The van der Waals surface area contributed by atoms with Crippen LogP contribution < -0.4 is 11.1 Å². The molecule has 0 aromatic heterocycles. The molecular weight excluding hydrogens is 276 g/mol. The Morgan fingerprint density at radius 2 is 1.90 bits per heavy atom. The van der Waals surface area contributed by atoms with Crippen molar-refractivity contribution in [2.45, 2.75) is 31.3 Å². The largest absolute Gasteiger partial charge is 0.351 e. The Labute approximate surface area is 119 Å². The molecule has 2 rings (SSSR count). The molecule has 0 heterocycles. The normalized spacial score (nSPS) is 16.7. The number of nitrogens with two attached hydrogens (primary N) is 1. The summed E-state index contributed by atoms with van der Waals surface area (Å²) >= 11 is 0. The maximum absolute atomic E-state index is 11.9. The van der Waals surface area contributed by atoms with Crippen molar-refractivity contribution in [2.24, 2.45) is 5.73 Å². The van der Waals surface area contributed by atoms with Gasteiger partial charge in [-0.05, 0) is 30.4 Å². The minimum atomic E-state index is -3.08. The van der Waals surface area contributed by atoms with Gasteiger partial charge >= 0.3 is 0 Å². The standard InChI is InChI=1S/C14H20N2O3S/c1-20(18,19)7-6-13(15)14(17)16-12-8-10-4-2-3-5-11(10)9-12/h2-5,12-13H,6-9,15H2,1H3,(H,16,17). The van der Waals surface area contributed by atoms with E-state index < -0.39 is 15.9 Å². The van der Waals surface area contributed by atoms with Gasteiger partial charge in [0.2, 0.25) is 5.91 Å². The Hall–Kier alpha value is -1.40. The third-order valence-corrected chi connectivity index (χ3v) is 4.51. The Kier molecular flexibility index (Phi) is 4.45. The molecule has 1 aliphatic rings. The number of rotatable bonds is 5. The zero-order chi connectivity index (χ0) is 14.8. The van der Waals surface area contributed by atoms with Crippen LogP contribution >= 0.6 is 0 Å². The molecule has 1 aromatic rings. The van der Waals surface area contributed by atoms with Gasteiger partial charge in [0.05, 0.1) is 11.8 Å². The topological polar surface area (TPSA) is 89.3 Å². The van der Waals surface area contributed by atoms with Gasteiger partial charge in [-0.1, -0.05) is 24.3 Å². The first-order chi connectivity index (χ1) is 9.35. The lowest BCUT2D eigenvalue weighted by Gasteiger charge is -2.16. The molecule has 1 aliphatic carbocycles. The van der Waals surface area contributed by atoms with Crippen molar-refractivity contribution in [3.05, 3.63) is 35.4 Å². The maximum Gasteiger partial charge on any atom is 0.237 e. The second kappa shape index (κ2) is 5.93. The molecule has 1 aromatic carbocycles. The fraction of sp³-hybridized carbons (Fsp3) is 0.500. The molecule has 110 valence electrons. The smallest absolute Gasteiger partial charge is 0.237 e. The van der Waals surface area contributed by atoms with Gasteiger partial charge in [-0.25, -0.2) is 8.42 Å². The van der Waals surface area contributed by atoms with E-state index in [2.05, 4.69) is 17.4 Å². The molecule has 3 N–H and O–H groups in total. The van der Waals surface area contributed by atoms with Crippen LogP contribution in [0.15, 0.2) is 24.3 Å². The van der Waals surface area contributed by atoms with Gasteiger partial charge in [0, 0.05) is 12.3 Å². The van der Waals surface area contributed by atoms with Gasteiger partial charge in [0.25, 0.3) is 0 Å². The highest BCUT2D eigenvalue weighted by Gasteiger charge is 2.24. The summed E-state index contributed by atoms with van der Waals surface area (Å²) in [5.74, 6) is -0.335. The highest BCUT2D eigenvalue weighted by Crippen LogP contribution is 2.21. The van der Waals surface area contributed by atoms with E-state index >= 15 is 0 Å². The van der Waals surface area contributed by atoms with Crippen molar-refractivity contribution in [1.29, 1.82) is 0 Å². The predicted octanol–water partition coefficient (Wildman–Crippen LogP) is 0.0320. The number of carbonyl (C=O) groups excluding carboxylic acids is 1. The Morgan fingerprint density at radius 3 is 2.40 bits per heavy atom. The van der Waals surface area contributed by atoms with Crippen LogP contribution in [0.1, 0.15) is 17.5 Å². The summed E-state index contributed by atoms with van der Waals surface area (Å²) in [6, 6.07) is 7.38. The minimum absolute atomic E-state index is 0.0594. The van der Waals surface area contributed by atoms with E-state index in [9.17, 15) is 13.2 Å². The third-order valence-electron chi connectivity index (χ3n) is 3.53. The van der Waals surface area contributed by atoms with Crippen LogP contribution in [-0.2, 0) is 27.5 Å². The minimum Gasteiger partial charge on any atom is -0.351 e. The summed E-state index contributed by atoms with van der Waals surface area (Å²) in [5.41, 5.74) is 8.24. The molecule has 0 bridgehead atoms. The van der Waals surface area contributed by atoms with E-state index in [-0.39, 0.29) is 24.1 Å². The van der Waals surface area contributed by atoms with Crippen molar-refractivity contribution >= 4 is 15.7 Å². The number of hydrogen-bond acceptors (Lipinski definition) is 4. The second-order valence-electron chi connectivity index (χ2n) is 5.41. The van der Waals surface area contributed by atoms with E-state index in [4.69, 9.17) is 5.73 Å². The Morgan fingerprint density at radius 1 is 1.35 bits per heavy atom. The van der Waals surface area contributed by atoms with Crippen molar-refractivity contribution in [2.75, 3.05) is 12.0 Å². The Balaban J connectivity index is 1.84. The lowest BCUT2D eigenvalue weighted by molar-refractivity contribution is -0.123. The van der Waals surface area contributed by atoms with Crippen LogP contribution in [0.25, 0.3) is 0 Å². The molecule has 1 atom stereocenters. The first kappa shape index (κ1) is 15.0. The van der Waals surface area contributed by atoms with Crippen molar-refractivity contribution in [1.82, 2.24) is 5.32 Å². The Bertz CT molecular complexity index is 573. The molecule has 6 heteroatoms. The van der Waals surface area contributed by atoms with Gasteiger partial charge in [-0.15, -0.1) is 0 Å². The van der Waals surface area contributed by atoms with Crippen molar-refractivity contribution < 1.29 is 13.2 Å². The fourth-order valence-corrected chi connectivity index (χ4v) is 3.12. The molecular formula is C14H20N2O3S. The van der Waals surface area contributed by atoms with E-state index in [1.165, 1.54) is 11.1 Å². The summed E-state index contributed by atoms with van der Waals surface area (Å²) in [5, 5.41) is 2.90. The lowest BCUT2D eigenvalue weighted by Crippen LogP contribution is -2.46. The van der Waals surface area contributed by atoms with Gasteiger partial charge in [-0.3, -0.25) is 4.79 Å². The molecule has 0 saturated heterocycles. The average Bonchev–Trinajstić information content (AvgIpc) is 2.76. The maximum atomic E-state index is 11.9. The first-order valence-electron chi connectivity index (χ1n) is 6.65. The van der Waals surface area contributed by atoms with E-state index in [0.717, 1.165) is 19.1 Å². The highest BCUT2D eigenvalue weighted by atomic mass is 32.2. The summed E-state index contributed by atoms with van der Waals surface area (Å²) in [6.45, 7) is 0. The molecule has 0 spiro atoms. The number of nitrogens with one attached hydrogen (secondary N) is 1. The van der Waals surface area contributed by atoms with Crippen molar-refractivity contribution in [3.63, 3.8) is 0 Å². The zero-order valence-corrected chi connectivity index (χ0v) is 12.3. The van der Waals surface area contributed by atoms with Crippen LogP contribution in [0.4, 0.5) is 0 Å². The van der Waals surface area contributed by atoms with Crippen LogP contribution in [0, 0.1) is 0 Å². The summed E-state index contributed by atoms with van der Waals surface area (Å²) in [4.78, 5) is 11.9. The molecule has 1 amide bonds. The average molecular weight is 296 g/mol. The number of benzene rings is 1. The molecule has 0 fully saturated rings.